The fourth-order valence-corrected chi connectivity index (χ4v) is 2.65. The van der Waals surface area contributed by atoms with Gasteiger partial charge in [0.25, 0.3) is 0 Å². The maximum Gasteiger partial charge on any atom is 0.230 e. The van der Waals surface area contributed by atoms with Gasteiger partial charge in [0.15, 0.2) is 5.58 Å². The zero-order valence-electron chi connectivity index (χ0n) is 14.2. The van der Waals surface area contributed by atoms with Gasteiger partial charge in [0.2, 0.25) is 5.89 Å². The van der Waals surface area contributed by atoms with Crippen molar-refractivity contribution in [1.29, 1.82) is 0 Å². The standard InChI is InChI=1S/C20H21N3O/c1-5-6-9-17(14(2)3)15(4)23-13-16(12-21-23)20-22-18-10-7-8-11-19(18)24-20/h5-14H,1H2,2-4H3/b9-6-,17-15-. The summed E-state index contributed by atoms with van der Waals surface area (Å²) in [5.74, 6) is 0.973. The minimum Gasteiger partial charge on any atom is -0.436 e. The maximum absolute atomic E-state index is 5.81. The topological polar surface area (TPSA) is 43.9 Å². The molecule has 0 fully saturated rings. The highest BCUT2D eigenvalue weighted by molar-refractivity contribution is 5.75. The Hall–Kier alpha value is -2.88. The van der Waals surface area contributed by atoms with Gasteiger partial charge >= 0.3 is 0 Å². The van der Waals surface area contributed by atoms with Crippen molar-refractivity contribution in [1.82, 2.24) is 14.8 Å². The Morgan fingerprint density at radius 3 is 2.79 bits per heavy atom. The van der Waals surface area contributed by atoms with Crippen LogP contribution in [0.5, 0.6) is 0 Å². The van der Waals surface area contributed by atoms with Crippen molar-refractivity contribution in [3.05, 3.63) is 67.0 Å². The first kappa shape index (κ1) is 16.0. The quantitative estimate of drug-likeness (QED) is 0.598. The molecular weight excluding hydrogens is 298 g/mol. The third kappa shape index (κ3) is 3.08. The summed E-state index contributed by atoms with van der Waals surface area (Å²) in [5.41, 5.74) is 4.78. The molecule has 0 spiro atoms. The number of benzene rings is 1. The van der Waals surface area contributed by atoms with Crippen molar-refractivity contribution in [3.8, 4) is 11.5 Å². The number of fused-ring (bicyclic) bond motifs is 1. The molecule has 0 amide bonds. The largest absolute Gasteiger partial charge is 0.436 e. The first-order chi connectivity index (χ1) is 11.6. The molecule has 4 nitrogen and oxygen atoms in total. The molecule has 2 aromatic heterocycles. The van der Waals surface area contributed by atoms with Crippen molar-refractivity contribution in [2.75, 3.05) is 0 Å². The molecule has 0 bridgehead atoms. The van der Waals surface area contributed by atoms with Crippen LogP contribution < -0.4 is 0 Å². The second kappa shape index (κ2) is 6.71. The van der Waals surface area contributed by atoms with Gasteiger partial charge in [-0.2, -0.15) is 5.10 Å². The monoisotopic (exact) mass is 319 g/mol. The SMILES string of the molecule is C=C/C=C\C(=C(/C)n1cc(-c2nc3ccccc3o2)cn1)C(C)C. The van der Waals surface area contributed by atoms with Gasteiger partial charge in [-0.15, -0.1) is 0 Å². The molecule has 0 atom stereocenters. The average molecular weight is 319 g/mol. The molecule has 0 aliphatic rings. The van der Waals surface area contributed by atoms with E-state index < -0.39 is 0 Å². The van der Waals surface area contributed by atoms with E-state index in [1.165, 1.54) is 5.57 Å². The number of nitrogens with zero attached hydrogens (tertiary/aromatic N) is 3. The fourth-order valence-electron chi connectivity index (χ4n) is 2.65. The number of hydrogen-bond donors (Lipinski definition) is 0. The van der Waals surface area contributed by atoms with Crippen molar-refractivity contribution in [3.63, 3.8) is 0 Å². The van der Waals surface area contributed by atoms with Gasteiger partial charge in [-0.3, -0.25) is 0 Å². The maximum atomic E-state index is 5.81. The second-order valence-electron chi connectivity index (χ2n) is 5.95. The molecule has 4 heteroatoms. The molecule has 3 aromatic rings. The molecule has 2 heterocycles. The molecule has 0 radical (unpaired) electrons. The minimum absolute atomic E-state index is 0.387. The van der Waals surface area contributed by atoms with Crippen molar-refractivity contribution in [2.24, 2.45) is 5.92 Å². The predicted octanol–water partition coefficient (Wildman–Crippen LogP) is 5.32. The van der Waals surface area contributed by atoms with Crippen LogP contribution in [0.1, 0.15) is 20.8 Å². The van der Waals surface area contributed by atoms with Gasteiger partial charge < -0.3 is 4.42 Å². The van der Waals surface area contributed by atoms with Crippen LogP contribution in [0, 0.1) is 5.92 Å². The van der Waals surface area contributed by atoms with E-state index in [1.54, 1.807) is 12.3 Å². The second-order valence-corrected chi connectivity index (χ2v) is 5.95. The highest BCUT2D eigenvalue weighted by atomic mass is 16.3. The number of aromatic nitrogens is 3. The first-order valence-corrected chi connectivity index (χ1v) is 8.01. The molecule has 24 heavy (non-hydrogen) atoms. The van der Waals surface area contributed by atoms with Gasteiger partial charge in [0.1, 0.15) is 5.52 Å². The number of para-hydroxylation sites is 2. The number of hydrogen-bond acceptors (Lipinski definition) is 3. The van der Waals surface area contributed by atoms with Crippen LogP contribution >= 0.6 is 0 Å². The van der Waals surface area contributed by atoms with Crippen LogP contribution in [0.3, 0.4) is 0 Å². The van der Waals surface area contributed by atoms with E-state index in [9.17, 15) is 0 Å². The Kier molecular flexibility index (Phi) is 4.47. The van der Waals surface area contributed by atoms with E-state index >= 15 is 0 Å². The third-order valence-corrected chi connectivity index (χ3v) is 3.92. The summed E-state index contributed by atoms with van der Waals surface area (Å²) < 4.78 is 7.68. The molecule has 0 N–H and O–H groups in total. The molecule has 3 rings (SSSR count). The lowest BCUT2D eigenvalue weighted by atomic mass is 10.0. The number of allylic oxidation sites excluding steroid dienone is 5. The molecule has 0 unspecified atom stereocenters. The Morgan fingerprint density at radius 1 is 1.29 bits per heavy atom. The molecule has 122 valence electrons. The zero-order valence-corrected chi connectivity index (χ0v) is 14.2. The fraction of sp³-hybridized carbons (Fsp3) is 0.200. The predicted molar refractivity (Wildman–Crippen MR) is 98.3 cm³/mol. The van der Waals surface area contributed by atoms with Gasteiger partial charge in [-0.1, -0.05) is 50.8 Å². The number of oxazole rings is 1. The number of rotatable bonds is 5. The summed E-state index contributed by atoms with van der Waals surface area (Å²) in [5, 5.41) is 4.47. The Bertz CT molecular complexity index is 892. The van der Waals surface area contributed by atoms with E-state index in [0.717, 1.165) is 22.4 Å². The van der Waals surface area contributed by atoms with Crippen LogP contribution in [0.4, 0.5) is 0 Å². The van der Waals surface area contributed by atoms with E-state index in [1.807, 2.05) is 41.2 Å². The minimum atomic E-state index is 0.387. The van der Waals surface area contributed by atoms with Crippen LogP contribution in [0.2, 0.25) is 0 Å². The van der Waals surface area contributed by atoms with Gasteiger partial charge in [0.05, 0.1) is 11.8 Å². The van der Waals surface area contributed by atoms with Crippen molar-refractivity contribution >= 4 is 16.8 Å². The van der Waals surface area contributed by atoms with Gasteiger partial charge in [-0.25, -0.2) is 9.67 Å². The highest BCUT2D eigenvalue weighted by Gasteiger charge is 2.12. The first-order valence-electron chi connectivity index (χ1n) is 8.01. The molecule has 0 saturated heterocycles. The summed E-state index contributed by atoms with van der Waals surface area (Å²) in [6.07, 6.45) is 9.54. The molecular formula is C20H21N3O. The Morgan fingerprint density at radius 2 is 2.08 bits per heavy atom. The van der Waals surface area contributed by atoms with Crippen LogP contribution in [0.25, 0.3) is 28.3 Å². The third-order valence-electron chi connectivity index (χ3n) is 3.92. The van der Waals surface area contributed by atoms with Gasteiger partial charge in [0, 0.05) is 11.9 Å². The molecule has 1 aromatic carbocycles. The van der Waals surface area contributed by atoms with E-state index in [0.29, 0.717) is 11.8 Å². The molecule has 0 saturated carbocycles. The highest BCUT2D eigenvalue weighted by Crippen LogP contribution is 2.26. The van der Waals surface area contributed by atoms with Gasteiger partial charge in [-0.05, 0) is 30.5 Å². The lowest BCUT2D eigenvalue weighted by Crippen LogP contribution is -2.02. The Labute approximate surface area is 141 Å². The summed E-state index contributed by atoms with van der Waals surface area (Å²) in [4.78, 5) is 4.52. The van der Waals surface area contributed by atoms with E-state index in [4.69, 9.17) is 4.42 Å². The molecule has 0 aliphatic carbocycles. The lowest BCUT2D eigenvalue weighted by molar-refractivity contribution is 0.620. The van der Waals surface area contributed by atoms with E-state index in [2.05, 4.69) is 43.5 Å². The average Bonchev–Trinajstić information content (AvgIpc) is 3.21. The summed E-state index contributed by atoms with van der Waals surface area (Å²) >= 11 is 0. The van der Waals surface area contributed by atoms with Crippen LogP contribution in [-0.4, -0.2) is 14.8 Å². The summed E-state index contributed by atoms with van der Waals surface area (Å²) in [7, 11) is 0. The van der Waals surface area contributed by atoms with Crippen molar-refractivity contribution in [2.45, 2.75) is 20.8 Å². The van der Waals surface area contributed by atoms with Crippen LogP contribution in [0.15, 0.2) is 71.5 Å². The smallest absolute Gasteiger partial charge is 0.230 e. The van der Waals surface area contributed by atoms with Crippen molar-refractivity contribution < 1.29 is 4.42 Å². The summed E-state index contributed by atoms with van der Waals surface area (Å²) in [6, 6.07) is 7.74. The Balaban J connectivity index is 2.00. The lowest BCUT2D eigenvalue weighted by Gasteiger charge is -2.12. The molecule has 0 aliphatic heterocycles. The normalized spacial score (nSPS) is 13.0. The zero-order chi connectivity index (χ0) is 17.1. The van der Waals surface area contributed by atoms with Crippen LogP contribution in [-0.2, 0) is 0 Å². The summed E-state index contributed by atoms with van der Waals surface area (Å²) in [6.45, 7) is 10.1. The van der Waals surface area contributed by atoms with E-state index in [-0.39, 0.29) is 0 Å².